The predicted octanol–water partition coefficient (Wildman–Crippen LogP) is 4.28. The Hall–Kier alpha value is -4.13. The molecule has 0 aliphatic heterocycles. The lowest BCUT2D eigenvalue weighted by Crippen LogP contribution is -2.30. The molecule has 0 aliphatic carbocycles. The van der Waals surface area contributed by atoms with Gasteiger partial charge in [-0.15, -0.1) is 0 Å². The fourth-order valence-electron chi connectivity index (χ4n) is 2.38. The maximum absolute atomic E-state index is 11.5. The normalized spacial score (nSPS) is 13.1. The third-order valence-corrected chi connectivity index (χ3v) is 4.11. The van der Waals surface area contributed by atoms with Crippen LogP contribution in [0.15, 0.2) is 85.0 Å². The highest BCUT2D eigenvalue weighted by Gasteiger charge is 2.10. The predicted molar refractivity (Wildman–Crippen MR) is 132 cm³/mol. The van der Waals surface area contributed by atoms with Gasteiger partial charge in [-0.3, -0.25) is 14.4 Å². The largest absolute Gasteiger partial charge is 0.495 e. The summed E-state index contributed by atoms with van der Waals surface area (Å²) in [6.07, 6.45) is 21.2. The van der Waals surface area contributed by atoms with E-state index in [-0.39, 0.29) is 18.4 Å². The van der Waals surface area contributed by atoms with Crippen molar-refractivity contribution in [2.45, 2.75) is 13.8 Å². The number of carboxylic acids is 1. The van der Waals surface area contributed by atoms with E-state index in [9.17, 15) is 14.4 Å². The number of amides is 2. The lowest BCUT2D eigenvalue weighted by Gasteiger charge is -2.11. The molecule has 0 spiro atoms. The van der Waals surface area contributed by atoms with Crippen LogP contribution in [0.3, 0.4) is 0 Å². The molecule has 0 saturated carbocycles. The second kappa shape index (κ2) is 15.6. The molecule has 0 saturated heterocycles. The first-order valence-electron chi connectivity index (χ1n) is 10.3. The Kier molecular flexibility index (Phi) is 12.8. The van der Waals surface area contributed by atoms with Gasteiger partial charge in [-0.05, 0) is 6.07 Å². The van der Waals surface area contributed by atoms with Crippen molar-refractivity contribution in [1.29, 1.82) is 0 Å². The minimum absolute atomic E-state index is 0.0889. The van der Waals surface area contributed by atoms with Gasteiger partial charge in [0, 0.05) is 25.1 Å². The number of carbonyl (C=O) groups excluding carboxylic acids is 2. The van der Waals surface area contributed by atoms with Crippen LogP contribution in [0.5, 0.6) is 5.75 Å². The number of para-hydroxylation sites is 1. The van der Waals surface area contributed by atoms with Crippen LogP contribution in [0, 0.1) is 5.92 Å². The molecule has 2 amide bonds. The first-order valence-corrected chi connectivity index (χ1v) is 10.3. The number of rotatable bonds is 12. The molecule has 0 aliphatic rings. The van der Waals surface area contributed by atoms with Crippen LogP contribution in [0.2, 0.25) is 0 Å². The Morgan fingerprint density at radius 2 is 1.55 bits per heavy atom. The fourth-order valence-corrected chi connectivity index (χ4v) is 2.38. The SMILES string of the molecule is COc1cccc(/C=C/C=C/C=C/C=C/C=C/C=C/C(=O)NC[C@H](C)C(=O)O)c1NC(C)=O. The summed E-state index contributed by atoms with van der Waals surface area (Å²) in [5.74, 6) is -1.49. The van der Waals surface area contributed by atoms with Crippen LogP contribution >= 0.6 is 0 Å². The van der Waals surface area contributed by atoms with Crippen LogP contribution in [-0.2, 0) is 14.4 Å². The number of allylic oxidation sites excluding steroid dienone is 10. The number of anilines is 1. The number of benzene rings is 1. The van der Waals surface area contributed by atoms with Crippen LogP contribution in [-0.4, -0.2) is 36.5 Å². The van der Waals surface area contributed by atoms with E-state index < -0.39 is 11.9 Å². The average Bonchev–Trinajstić information content (AvgIpc) is 2.78. The summed E-state index contributed by atoms with van der Waals surface area (Å²) >= 11 is 0. The summed E-state index contributed by atoms with van der Waals surface area (Å²) in [4.78, 5) is 33.6. The summed E-state index contributed by atoms with van der Waals surface area (Å²) in [7, 11) is 1.56. The van der Waals surface area contributed by atoms with E-state index in [4.69, 9.17) is 9.84 Å². The molecule has 0 unspecified atom stereocenters. The van der Waals surface area contributed by atoms with Gasteiger partial charge in [0.1, 0.15) is 5.75 Å². The molecule has 0 heterocycles. The van der Waals surface area contributed by atoms with Crippen molar-refractivity contribution >= 4 is 29.5 Å². The lowest BCUT2D eigenvalue weighted by molar-refractivity contribution is -0.141. The van der Waals surface area contributed by atoms with Gasteiger partial charge in [0.05, 0.1) is 18.7 Å². The molecule has 174 valence electrons. The molecule has 1 atom stereocenters. The molecule has 33 heavy (non-hydrogen) atoms. The fraction of sp³-hybridized carbons (Fsp3) is 0.192. The smallest absolute Gasteiger partial charge is 0.308 e. The van der Waals surface area contributed by atoms with Gasteiger partial charge in [-0.25, -0.2) is 0 Å². The van der Waals surface area contributed by atoms with E-state index in [2.05, 4.69) is 10.6 Å². The highest BCUT2D eigenvalue weighted by Crippen LogP contribution is 2.29. The second-order valence-electron chi connectivity index (χ2n) is 6.85. The number of hydrogen-bond donors (Lipinski definition) is 3. The zero-order valence-corrected chi connectivity index (χ0v) is 19.0. The summed E-state index contributed by atoms with van der Waals surface area (Å²) in [5, 5.41) is 14.1. The molecule has 0 fully saturated rings. The average molecular weight is 451 g/mol. The summed E-state index contributed by atoms with van der Waals surface area (Å²) in [5.41, 5.74) is 1.46. The Balaban J connectivity index is 2.46. The van der Waals surface area contributed by atoms with Crippen molar-refractivity contribution < 1.29 is 24.2 Å². The summed E-state index contributed by atoms with van der Waals surface area (Å²) < 4.78 is 5.30. The summed E-state index contributed by atoms with van der Waals surface area (Å²) in [6, 6.07) is 5.53. The maximum atomic E-state index is 11.5. The molecule has 1 rings (SSSR count). The van der Waals surface area contributed by atoms with E-state index >= 15 is 0 Å². The third-order valence-electron chi connectivity index (χ3n) is 4.11. The number of hydrogen-bond acceptors (Lipinski definition) is 4. The maximum Gasteiger partial charge on any atom is 0.308 e. The highest BCUT2D eigenvalue weighted by molar-refractivity contribution is 5.93. The van der Waals surface area contributed by atoms with E-state index in [1.807, 2.05) is 60.7 Å². The van der Waals surface area contributed by atoms with Crippen molar-refractivity contribution in [3.63, 3.8) is 0 Å². The Labute approximate surface area is 194 Å². The molecular formula is C26H30N2O5. The minimum Gasteiger partial charge on any atom is -0.495 e. The van der Waals surface area contributed by atoms with E-state index in [1.54, 1.807) is 31.4 Å². The molecule has 3 N–H and O–H groups in total. The molecule has 7 heteroatoms. The molecular weight excluding hydrogens is 420 g/mol. The molecule has 0 radical (unpaired) electrons. The van der Waals surface area contributed by atoms with Crippen molar-refractivity contribution in [1.82, 2.24) is 5.32 Å². The first kappa shape index (κ1) is 26.9. The van der Waals surface area contributed by atoms with Crippen LogP contribution in [0.1, 0.15) is 19.4 Å². The number of carboxylic acid groups (broad SMARTS) is 1. The molecule has 0 aromatic heterocycles. The minimum atomic E-state index is -0.948. The van der Waals surface area contributed by atoms with Crippen molar-refractivity contribution in [3.8, 4) is 5.75 Å². The topological polar surface area (TPSA) is 105 Å². The quantitative estimate of drug-likeness (QED) is 0.326. The molecule has 0 bridgehead atoms. The highest BCUT2D eigenvalue weighted by atomic mass is 16.5. The van der Waals surface area contributed by atoms with Gasteiger partial charge in [-0.1, -0.05) is 85.9 Å². The van der Waals surface area contributed by atoms with Crippen LogP contribution in [0.4, 0.5) is 5.69 Å². The number of nitrogens with one attached hydrogen (secondary N) is 2. The molecule has 1 aromatic rings. The van der Waals surface area contributed by atoms with Crippen molar-refractivity contribution in [2.24, 2.45) is 5.92 Å². The lowest BCUT2D eigenvalue weighted by atomic mass is 10.1. The molecule has 1 aromatic carbocycles. The Bertz CT molecular complexity index is 984. The summed E-state index contributed by atoms with van der Waals surface area (Å²) in [6.45, 7) is 3.07. The van der Waals surface area contributed by atoms with Gasteiger partial charge in [0.2, 0.25) is 11.8 Å². The second-order valence-corrected chi connectivity index (χ2v) is 6.85. The molecule has 7 nitrogen and oxygen atoms in total. The number of methoxy groups -OCH3 is 1. The van der Waals surface area contributed by atoms with Gasteiger partial charge < -0.3 is 20.5 Å². The van der Waals surface area contributed by atoms with Crippen molar-refractivity contribution in [3.05, 3.63) is 90.6 Å². The van der Waals surface area contributed by atoms with Crippen LogP contribution in [0.25, 0.3) is 6.08 Å². The third kappa shape index (κ3) is 11.7. The number of ether oxygens (including phenoxy) is 1. The van der Waals surface area contributed by atoms with Gasteiger partial charge in [0.15, 0.2) is 0 Å². The van der Waals surface area contributed by atoms with E-state index in [0.29, 0.717) is 11.4 Å². The number of aliphatic carboxylic acids is 1. The van der Waals surface area contributed by atoms with Crippen molar-refractivity contribution in [2.75, 3.05) is 19.0 Å². The van der Waals surface area contributed by atoms with Gasteiger partial charge in [-0.2, -0.15) is 0 Å². The number of carbonyl (C=O) groups is 3. The zero-order chi connectivity index (χ0) is 24.5. The van der Waals surface area contributed by atoms with Gasteiger partial charge in [0.25, 0.3) is 0 Å². The Morgan fingerprint density at radius 3 is 2.09 bits per heavy atom. The Morgan fingerprint density at radius 1 is 0.970 bits per heavy atom. The monoisotopic (exact) mass is 450 g/mol. The first-order chi connectivity index (χ1) is 15.8. The zero-order valence-electron chi connectivity index (χ0n) is 19.0. The van der Waals surface area contributed by atoms with Gasteiger partial charge >= 0.3 is 5.97 Å². The van der Waals surface area contributed by atoms with E-state index in [1.165, 1.54) is 19.9 Å². The standard InChI is InChI=1S/C26H30N2O5/c1-20(26(31)32)19-27-24(30)18-13-11-9-7-5-4-6-8-10-12-15-22-16-14-17-23(33-3)25(22)28-21(2)29/h4-18,20H,19H2,1-3H3,(H,27,30)(H,28,29)(H,31,32)/b6-4+,7-5+,10-8+,11-9+,15-12+,18-13+/t20-/m0/s1. The van der Waals surface area contributed by atoms with Crippen LogP contribution < -0.4 is 15.4 Å². The van der Waals surface area contributed by atoms with E-state index in [0.717, 1.165) is 5.56 Å².